The van der Waals surface area contributed by atoms with Crippen LogP contribution in [0.3, 0.4) is 0 Å². The maximum absolute atomic E-state index is 13.4. The molecule has 4 rings (SSSR count). The number of nitrogens with zero attached hydrogens (tertiary/aromatic N) is 3. The van der Waals surface area contributed by atoms with Crippen LogP contribution in [0.15, 0.2) is 47.5 Å². The number of nitro benzene ring substituents is 1. The second-order valence-corrected chi connectivity index (χ2v) is 10.3. The molecule has 0 radical (unpaired) electrons. The van der Waals surface area contributed by atoms with Gasteiger partial charge in [-0.3, -0.25) is 24.8 Å². The fourth-order valence-corrected chi connectivity index (χ4v) is 4.93. The van der Waals surface area contributed by atoms with E-state index < -0.39 is 22.0 Å². The van der Waals surface area contributed by atoms with Gasteiger partial charge < -0.3 is 9.84 Å². The summed E-state index contributed by atoms with van der Waals surface area (Å²) < 4.78 is 5.53. The van der Waals surface area contributed by atoms with E-state index in [1.165, 1.54) is 26.0 Å². The molecule has 9 nitrogen and oxygen atoms in total. The van der Waals surface area contributed by atoms with Crippen LogP contribution in [0.1, 0.15) is 71.3 Å². The topological polar surface area (TPSA) is 122 Å². The van der Waals surface area contributed by atoms with Crippen molar-refractivity contribution in [2.75, 3.05) is 0 Å². The van der Waals surface area contributed by atoms with Crippen molar-refractivity contribution in [1.82, 2.24) is 4.90 Å². The van der Waals surface area contributed by atoms with Gasteiger partial charge in [-0.2, -0.15) is 0 Å². The molecule has 1 saturated carbocycles. The average molecular weight is 508 g/mol. The molecule has 0 unspecified atom stereocenters. The van der Waals surface area contributed by atoms with E-state index in [2.05, 4.69) is 6.92 Å². The Hall–Kier alpha value is -3.75. The third kappa shape index (κ3) is 5.35. The molecule has 9 heteroatoms. The molecule has 1 fully saturated rings. The van der Waals surface area contributed by atoms with Gasteiger partial charge in [0.25, 0.3) is 5.91 Å². The van der Waals surface area contributed by atoms with Gasteiger partial charge in [-0.1, -0.05) is 50.5 Å². The van der Waals surface area contributed by atoms with Gasteiger partial charge in [-0.15, -0.1) is 0 Å². The van der Waals surface area contributed by atoms with Gasteiger partial charge >= 0.3 is 11.7 Å². The van der Waals surface area contributed by atoms with E-state index >= 15 is 0 Å². The molecule has 0 atom stereocenters. The molecule has 37 heavy (non-hydrogen) atoms. The number of carbonyl (C=O) groups is 2. The lowest BCUT2D eigenvalue weighted by Crippen LogP contribution is -2.40. The molecule has 2 aromatic carbocycles. The molecule has 0 bridgehead atoms. The Morgan fingerprint density at radius 3 is 2.41 bits per heavy atom. The van der Waals surface area contributed by atoms with Crippen LogP contribution in [-0.2, 0) is 16.1 Å². The quantitative estimate of drug-likeness (QED) is 0.323. The minimum Gasteiger partial charge on any atom is -0.478 e. The minimum atomic E-state index is -1.64. The van der Waals surface area contributed by atoms with Gasteiger partial charge in [0.05, 0.1) is 11.5 Å². The van der Waals surface area contributed by atoms with Gasteiger partial charge in [0.1, 0.15) is 11.4 Å². The van der Waals surface area contributed by atoms with E-state index in [4.69, 9.17) is 9.73 Å². The fourth-order valence-electron chi connectivity index (χ4n) is 4.93. The maximum Gasteiger partial charge on any atom is 0.347 e. The molecule has 196 valence electrons. The Morgan fingerprint density at radius 1 is 1.16 bits per heavy atom. The number of unbranched alkanes of at least 4 members (excludes halogenated alkanes) is 1. The lowest BCUT2D eigenvalue weighted by Gasteiger charge is -2.23. The summed E-state index contributed by atoms with van der Waals surface area (Å²) >= 11 is 0. The van der Waals surface area contributed by atoms with Crippen LogP contribution >= 0.6 is 0 Å². The minimum absolute atomic E-state index is 0.110. The van der Waals surface area contributed by atoms with Crippen molar-refractivity contribution in [3.8, 4) is 16.9 Å². The van der Waals surface area contributed by atoms with Gasteiger partial charge in [-0.05, 0) is 61.9 Å². The zero-order valence-corrected chi connectivity index (χ0v) is 21.5. The van der Waals surface area contributed by atoms with Gasteiger partial charge in [0.2, 0.25) is 0 Å². The van der Waals surface area contributed by atoms with Crippen molar-refractivity contribution >= 4 is 23.4 Å². The number of amidine groups is 1. The van der Waals surface area contributed by atoms with Crippen LogP contribution in [0.25, 0.3) is 11.1 Å². The van der Waals surface area contributed by atoms with Gasteiger partial charge in [0.15, 0.2) is 11.4 Å². The van der Waals surface area contributed by atoms with Crippen molar-refractivity contribution < 1.29 is 24.4 Å². The zero-order valence-electron chi connectivity index (χ0n) is 21.5. The van der Waals surface area contributed by atoms with Crippen molar-refractivity contribution in [2.24, 2.45) is 4.99 Å². The lowest BCUT2D eigenvalue weighted by molar-refractivity contribution is -0.386. The Kier molecular flexibility index (Phi) is 7.34. The number of amides is 1. The second kappa shape index (κ2) is 10.3. The Labute approximate surface area is 216 Å². The van der Waals surface area contributed by atoms with E-state index in [1.54, 1.807) is 6.07 Å². The SMILES string of the molecule is CCCCC1=NC2(CCCC2)C(=O)N1Cc1ccc(-c2ccc([N+](=O)[O-])c(OC(C)(C)C(=O)O)c2)cc1. The zero-order chi connectivity index (χ0) is 26.8. The third-order valence-electron chi connectivity index (χ3n) is 7.15. The number of carbonyl (C=O) groups excluding carboxylic acids is 1. The predicted octanol–water partition coefficient (Wildman–Crippen LogP) is 5.75. The predicted molar refractivity (Wildman–Crippen MR) is 140 cm³/mol. The van der Waals surface area contributed by atoms with E-state index in [0.717, 1.165) is 61.9 Å². The molecule has 1 spiro atoms. The number of aliphatic imine (C=N–C) groups is 1. The molecule has 1 aliphatic heterocycles. The number of carboxylic acid groups (broad SMARTS) is 1. The monoisotopic (exact) mass is 507 g/mol. The van der Waals surface area contributed by atoms with Crippen molar-refractivity contribution in [3.63, 3.8) is 0 Å². The summed E-state index contributed by atoms with van der Waals surface area (Å²) in [6, 6.07) is 12.1. The van der Waals surface area contributed by atoms with Crippen LogP contribution < -0.4 is 4.74 Å². The van der Waals surface area contributed by atoms with Crippen molar-refractivity contribution in [2.45, 2.75) is 83.4 Å². The molecular formula is C28H33N3O6. The first-order valence-corrected chi connectivity index (χ1v) is 12.8. The van der Waals surface area contributed by atoms with Crippen LogP contribution in [0.2, 0.25) is 0 Å². The number of nitro groups is 1. The Morgan fingerprint density at radius 2 is 1.81 bits per heavy atom. The number of hydrogen-bond donors (Lipinski definition) is 1. The van der Waals surface area contributed by atoms with E-state index in [-0.39, 0.29) is 17.3 Å². The highest BCUT2D eigenvalue weighted by Crippen LogP contribution is 2.40. The number of aliphatic carboxylic acids is 1. The highest BCUT2D eigenvalue weighted by atomic mass is 16.6. The first-order chi connectivity index (χ1) is 17.6. The summed E-state index contributed by atoms with van der Waals surface area (Å²) in [6.45, 7) is 5.26. The summed E-state index contributed by atoms with van der Waals surface area (Å²) in [5, 5.41) is 20.9. The summed E-state index contributed by atoms with van der Waals surface area (Å²) in [4.78, 5) is 42.6. The highest BCUT2D eigenvalue weighted by Gasteiger charge is 2.49. The average Bonchev–Trinajstić information content (AvgIpc) is 3.43. The number of ether oxygens (including phenoxy) is 1. The molecule has 1 N–H and O–H groups in total. The third-order valence-corrected chi connectivity index (χ3v) is 7.15. The smallest absolute Gasteiger partial charge is 0.347 e. The van der Waals surface area contributed by atoms with E-state index in [1.807, 2.05) is 29.2 Å². The van der Waals surface area contributed by atoms with E-state index in [9.17, 15) is 24.8 Å². The molecular weight excluding hydrogens is 474 g/mol. The number of hydrogen-bond acceptors (Lipinski definition) is 6. The summed E-state index contributed by atoms with van der Waals surface area (Å²) in [5.41, 5.74) is -0.105. The molecule has 0 saturated heterocycles. The Balaban J connectivity index is 1.56. The van der Waals surface area contributed by atoms with Crippen LogP contribution in [-0.4, -0.2) is 43.8 Å². The maximum atomic E-state index is 13.4. The molecule has 1 amide bonds. The van der Waals surface area contributed by atoms with Crippen LogP contribution in [0, 0.1) is 10.1 Å². The highest BCUT2D eigenvalue weighted by molar-refractivity contribution is 6.08. The van der Waals surface area contributed by atoms with E-state index in [0.29, 0.717) is 12.1 Å². The first-order valence-electron chi connectivity index (χ1n) is 12.8. The summed E-state index contributed by atoms with van der Waals surface area (Å²) in [7, 11) is 0. The molecule has 2 aromatic rings. The molecule has 0 aromatic heterocycles. The molecule has 1 aliphatic carbocycles. The number of rotatable bonds is 10. The second-order valence-electron chi connectivity index (χ2n) is 10.3. The number of benzene rings is 2. The summed E-state index contributed by atoms with van der Waals surface area (Å²) in [5.74, 6) is -0.344. The fraction of sp³-hybridized carbons (Fsp3) is 0.464. The summed E-state index contributed by atoms with van der Waals surface area (Å²) in [6.07, 6.45) is 6.52. The normalized spacial score (nSPS) is 16.8. The van der Waals surface area contributed by atoms with Crippen molar-refractivity contribution in [1.29, 1.82) is 0 Å². The van der Waals surface area contributed by atoms with Crippen molar-refractivity contribution in [3.05, 3.63) is 58.1 Å². The number of carboxylic acids is 1. The molecule has 1 heterocycles. The largest absolute Gasteiger partial charge is 0.478 e. The van der Waals surface area contributed by atoms with Crippen LogP contribution in [0.5, 0.6) is 5.75 Å². The molecule has 2 aliphatic rings. The van der Waals surface area contributed by atoms with Gasteiger partial charge in [-0.25, -0.2) is 4.79 Å². The lowest BCUT2D eigenvalue weighted by atomic mass is 9.98. The van der Waals surface area contributed by atoms with Crippen LogP contribution in [0.4, 0.5) is 5.69 Å². The Bertz CT molecular complexity index is 1230. The standard InChI is InChI=1S/C28H33N3O6/c1-4-5-8-24-29-28(15-6-7-16-28)25(32)30(24)18-19-9-11-20(12-10-19)21-13-14-22(31(35)36)23(17-21)37-27(2,3)26(33)34/h9-14,17H,4-8,15-16,18H2,1-3H3,(H,33,34). The first kappa shape index (κ1) is 26.3. The van der Waals surface area contributed by atoms with Gasteiger partial charge in [0, 0.05) is 12.5 Å².